The topological polar surface area (TPSA) is 39.7 Å². The van der Waals surface area contributed by atoms with Crippen molar-refractivity contribution in [2.75, 3.05) is 26.9 Å². The maximum atomic E-state index is 6.45. The molecule has 0 unspecified atom stereocenters. The van der Waals surface area contributed by atoms with Crippen molar-refractivity contribution in [1.82, 2.24) is 5.32 Å². The fourth-order valence-electron chi connectivity index (χ4n) is 2.44. The van der Waals surface area contributed by atoms with Gasteiger partial charge in [-0.25, -0.2) is 0 Å². The average molecular weight is 398 g/mol. The van der Waals surface area contributed by atoms with E-state index >= 15 is 0 Å². The number of ether oxygens (including phenoxy) is 3. The highest BCUT2D eigenvalue weighted by atomic mass is 35.5. The van der Waals surface area contributed by atoms with Gasteiger partial charge in [0.25, 0.3) is 0 Å². The molecule has 0 aliphatic heterocycles. The monoisotopic (exact) mass is 397 g/mol. The summed E-state index contributed by atoms with van der Waals surface area (Å²) in [5.41, 5.74) is 2.06. The van der Waals surface area contributed by atoms with Crippen molar-refractivity contribution in [3.8, 4) is 11.5 Å². The molecule has 0 aliphatic carbocycles. The second kappa shape index (κ2) is 11.3. The first kappa shape index (κ1) is 20.8. The van der Waals surface area contributed by atoms with E-state index < -0.39 is 0 Å². The first-order valence-corrected chi connectivity index (χ1v) is 9.41. The Labute approximate surface area is 165 Å². The number of halogens is 2. The highest BCUT2D eigenvalue weighted by Gasteiger charge is 2.13. The van der Waals surface area contributed by atoms with Crippen molar-refractivity contribution >= 4 is 23.2 Å². The van der Waals surface area contributed by atoms with E-state index in [2.05, 4.69) is 5.32 Å². The first-order chi connectivity index (χ1) is 12.6. The molecule has 0 spiro atoms. The number of rotatable bonds is 11. The molecule has 26 heavy (non-hydrogen) atoms. The van der Waals surface area contributed by atoms with Crippen LogP contribution in [0.4, 0.5) is 0 Å². The van der Waals surface area contributed by atoms with Crippen LogP contribution >= 0.6 is 23.2 Å². The average Bonchev–Trinajstić information content (AvgIpc) is 2.62. The van der Waals surface area contributed by atoms with E-state index in [9.17, 15) is 0 Å². The lowest BCUT2D eigenvalue weighted by molar-refractivity contribution is 0.194. The van der Waals surface area contributed by atoms with E-state index in [4.69, 9.17) is 37.4 Å². The smallest absolute Gasteiger partial charge is 0.180 e. The molecule has 0 radical (unpaired) electrons. The van der Waals surface area contributed by atoms with E-state index in [1.54, 1.807) is 7.11 Å². The van der Waals surface area contributed by atoms with Gasteiger partial charge in [-0.05, 0) is 55.3 Å². The number of nitrogens with one attached hydrogen (secondary N) is 1. The van der Waals surface area contributed by atoms with Gasteiger partial charge in [0.05, 0.1) is 11.6 Å². The SMILES string of the molecule is CCOc1cc(CNCCCOC)cc(Cl)c1OCc1ccc(Cl)cc1. The Balaban J connectivity index is 2.03. The van der Waals surface area contributed by atoms with Crippen LogP contribution in [0.2, 0.25) is 10.0 Å². The van der Waals surface area contributed by atoms with Crippen molar-refractivity contribution in [2.24, 2.45) is 0 Å². The van der Waals surface area contributed by atoms with Gasteiger partial charge >= 0.3 is 0 Å². The third-order valence-electron chi connectivity index (χ3n) is 3.70. The van der Waals surface area contributed by atoms with Crippen LogP contribution in [0.15, 0.2) is 36.4 Å². The van der Waals surface area contributed by atoms with Crippen molar-refractivity contribution < 1.29 is 14.2 Å². The van der Waals surface area contributed by atoms with Crippen molar-refractivity contribution in [1.29, 1.82) is 0 Å². The van der Waals surface area contributed by atoms with Crippen LogP contribution in [0.5, 0.6) is 11.5 Å². The third-order valence-corrected chi connectivity index (χ3v) is 4.23. The lowest BCUT2D eigenvalue weighted by atomic mass is 10.2. The maximum Gasteiger partial charge on any atom is 0.180 e. The summed E-state index contributed by atoms with van der Waals surface area (Å²) in [6.07, 6.45) is 0.963. The lowest BCUT2D eigenvalue weighted by Gasteiger charge is -2.16. The summed E-state index contributed by atoms with van der Waals surface area (Å²) in [7, 11) is 1.71. The van der Waals surface area contributed by atoms with Gasteiger partial charge in [-0.15, -0.1) is 0 Å². The van der Waals surface area contributed by atoms with Crippen molar-refractivity contribution in [3.05, 3.63) is 57.6 Å². The zero-order valence-electron chi connectivity index (χ0n) is 15.2. The summed E-state index contributed by atoms with van der Waals surface area (Å²) in [6, 6.07) is 11.4. The number of benzene rings is 2. The second-order valence-electron chi connectivity index (χ2n) is 5.78. The highest BCUT2D eigenvalue weighted by Crippen LogP contribution is 2.37. The maximum absolute atomic E-state index is 6.45. The molecule has 0 fully saturated rings. The van der Waals surface area contributed by atoms with E-state index in [0.717, 1.165) is 30.7 Å². The van der Waals surface area contributed by atoms with Crippen LogP contribution in [0.3, 0.4) is 0 Å². The minimum Gasteiger partial charge on any atom is -0.490 e. The van der Waals surface area contributed by atoms with Gasteiger partial charge in [-0.2, -0.15) is 0 Å². The van der Waals surface area contributed by atoms with Gasteiger partial charge < -0.3 is 19.5 Å². The quantitative estimate of drug-likeness (QED) is 0.535. The van der Waals surface area contributed by atoms with Gasteiger partial charge in [0, 0.05) is 25.3 Å². The molecule has 2 aromatic rings. The minimum absolute atomic E-state index is 0.394. The third kappa shape index (κ3) is 6.69. The zero-order valence-corrected chi connectivity index (χ0v) is 16.7. The normalized spacial score (nSPS) is 10.8. The van der Waals surface area contributed by atoms with Crippen molar-refractivity contribution in [3.63, 3.8) is 0 Å². The van der Waals surface area contributed by atoms with E-state index in [0.29, 0.717) is 41.3 Å². The number of hydrogen-bond donors (Lipinski definition) is 1. The fraction of sp³-hybridized carbons (Fsp3) is 0.400. The standard InChI is InChI=1S/C20H25Cl2NO3/c1-3-25-19-12-16(13-23-9-4-10-24-2)11-18(22)20(19)26-14-15-5-7-17(21)8-6-15/h5-8,11-12,23H,3-4,9-10,13-14H2,1-2H3. The van der Waals surface area contributed by atoms with Gasteiger partial charge in [0.15, 0.2) is 11.5 Å². The van der Waals surface area contributed by atoms with E-state index in [1.807, 2.05) is 43.3 Å². The Morgan fingerprint density at radius 3 is 2.46 bits per heavy atom. The molecule has 4 nitrogen and oxygen atoms in total. The molecule has 0 heterocycles. The Morgan fingerprint density at radius 1 is 1.00 bits per heavy atom. The molecular formula is C20H25Cl2NO3. The predicted molar refractivity (Wildman–Crippen MR) is 107 cm³/mol. The summed E-state index contributed by atoms with van der Waals surface area (Å²) in [4.78, 5) is 0. The van der Waals surface area contributed by atoms with Gasteiger partial charge in [0.1, 0.15) is 6.61 Å². The molecule has 142 valence electrons. The van der Waals surface area contributed by atoms with E-state index in [1.165, 1.54) is 0 Å². The lowest BCUT2D eigenvalue weighted by Crippen LogP contribution is -2.16. The summed E-state index contributed by atoms with van der Waals surface area (Å²) in [6.45, 7) is 5.21. The first-order valence-electron chi connectivity index (χ1n) is 8.66. The molecule has 6 heteroatoms. The zero-order chi connectivity index (χ0) is 18.8. The highest BCUT2D eigenvalue weighted by molar-refractivity contribution is 6.32. The van der Waals surface area contributed by atoms with Crippen molar-refractivity contribution in [2.45, 2.75) is 26.5 Å². The van der Waals surface area contributed by atoms with Gasteiger partial charge in [-0.1, -0.05) is 35.3 Å². The molecular weight excluding hydrogens is 373 g/mol. The predicted octanol–water partition coefficient (Wildman–Crippen LogP) is 5.10. The number of hydrogen-bond acceptors (Lipinski definition) is 4. The summed E-state index contributed by atoms with van der Waals surface area (Å²) in [5.74, 6) is 1.22. The molecule has 0 bridgehead atoms. The van der Waals surface area contributed by atoms with Crippen LogP contribution < -0.4 is 14.8 Å². The minimum atomic E-state index is 0.394. The number of methoxy groups -OCH3 is 1. The summed E-state index contributed by atoms with van der Waals surface area (Å²) >= 11 is 12.4. The molecule has 0 saturated heterocycles. The molecule has 0 saturated carbocycles. The van der Waals surface area contributed by atoms with E-state index in [-0.39, 0.29) is 0 Å². The second-order valence-corrected chi connectivity index (χ2v) is 6.62. The van der Waals surface area contributed by atoms with Crippen LogP contribution in [0.25, 0.3) is 0 Å². The van der Waals surface area contributed by atoms with Crippen LogP contribution in [0, 0.1) is 0 Å². The molecule has 0 amide bonds. The Hall–Kier alpha value is -1.46. The van der Waals surface area contributed by atoms with Crippen LogP contribution in [-0.2, 0) is 17.9 Å². The molecule has 2 rings (SSSR count). The molecule has 0 aromatic heterocycles. The van der Waals surface area contributed by atoms with Crippen LogP contribution in [-0.4, -0.2) is 26.9 Å². The molecule has 0 aliphatic rings. The summed E-state index contributed by atoms with van der Waals surface area (Å²) < 4.78 is 16.7. The Bertz CT molecular complexity index is 678. The Kier molecular flexibility index (Phi) is 9.06. The molecule has 1 N–H and O–H groups in total. The van der Waals surface area contributed by atoms with Crippen LogP contribution in [0.1, 0.15) is 24.5 Å². The van der Waals surface area contributed by atoms with Gasteiger partial charge in [-0.3, -0.25) is 0 Å². The fourth-order valence-corrected chi connectivity index (χ4v) is 2.85. The van der Waals surface area contributed by atoms with Gasteiger partial charge in [0.2, 0.25) is 0 Å². The largest absolute Gasteiger partial charge is 0.490 e. The molecule has 0 atom stereocenters. The Morgan fingerprint density at radius 2 is 1.77 bits per heavy atom. The molecule has 2 aromatic carbocycles. The summed E-state index contributed by atoms with van der Waals surface area (Å²) in [5, 5.41) is 4.61.